The van der Waals surface area contributed by atoms with E-state index in [-0.39, 0.29) is 0 Å². The fraction of sp³-hybridized carbons (Fsp3) is 0.400. The fourth-order valence-electron chi connectivity index (χ4n) is 1.86. The highest BCUT2D eigenvalue weighted by atomic mass is 32.2. The largest absolute Gasteiger partial charge is 0.496 e. The van der Waals surface area contributed by atoms with Crippen LogP contribution in [0.2, 0.25) is 0 Å². The van der Waals surface area contributed by atoms with Gasteiger partial charge < -0.3 is 14.5 Å². The summed E-state index contributed by atoms with van der Waals surface area (Å²) in [7, 11) is 1.70. The van der Waals surface area contributed by atoms with Gasteiger partial charge in [-0.2, -0.15) is 0 Å². The smallest absolute Gasteiger partial charge is 0.256 e. The first kappa shape index (κ1) is 14.9. The SMILES string of the molecule is CCNCc1ccc(OC)c(CSc2nc(C)co2)c1. The van der Waals surface area contributed by atoms with Crippen LogP contribution in [0.1, 0.15) is 23.7 Å². The first-order chi connectivity index (χ1) is 9.72. The molecule has 20 heavy (non-hydrogen) atoms. The number of oxazole rings is 1. The summed E-state index contributed by atoms with van der Waals surface area (Å²) in [4.78, 5) is 4.30. The zero-order chi connectivity index (χ0) is 14.4. The molecule has 108 valence electrons. The summed E-state index contributed by atoms with van der Waals surface area (Å²) in [6, 6.07) is 6.28. The molecule has 0 unspecified atom stereocenters. The topological polar surface area (TPSA) is 47.3 Å². The van der Waals surface area contributed by atoms with Gasteiger partial charge in [0.15, 0.2) is 0 Å². The van der Waals surface area contributed by atoms with Crippen LogP contribution in [-0.2, 0) is 12.3 Å². The number of ether oxygens (including phenoxy) is 1. The lowest BCUT2D eigenvalue weighted by Crippen LogP contribution is -2.11. The van der Waals surface area contributed by atoms with Crippen molar-refractivity contribution >= 4 is 11.8 Å². The molecule has 0 aliphatic heterocycles. The Bertz CT molecular complexity index is 555. The highest BCUT2D eigenvalue weighted by Gasteiger charge is 2.08. The molecule has 0 fully saturated rings. The molecule has 0 spiro atoms. The average molecular weight is 292 g/mol. The molecule has 4 nitrogen and oxygen atoms in total. The quantitative estimate of drug-likeness (QED) is 0.793. The first-order valence-electron chi connectivity index (χ1n) is 6.64. The van der Waals surface area contributed by atoms with E-state index < -0.39 is 0 Å². The minimum absolute atomic E-state index is 0.696. The van der Waals surface area contributed by atoms with Gasteiger partial charge in [0.1, 0.15) is 12.0 Å². The average Bonchev–Trinajstić information content (AvgIpc) is 2.88. The Morgan fingerprint density at radius 2 is 2.25 bits per heavy atom. The predicted octanol–water partition coefficient (Wildman–Crippen LogP) is 3.39. The van der Waals surface area contributed by atoms with Gasteiger partial charge in [-0.25, -0.2) is 4.98 Å². The third-order valence-electron chi connectivity index (χ3n) is 2.87. The third kappa shape index (κ3) is 4.02. The molecule has 0 aliphatic rings. The summed E-state index contributed by atoms with van der Waals surface area (Å²) in [5.41, 5.74) is 3.32. The van der Waals surface area contributed by atoms with E-state index in [0.29, 0.717) is 5.22 Å². The van der Waals surface area contributed by atoms with E-state index in [1.807, 2.05) is 13.0 Å². The van der Waals surface area contributed by atoms with Gasteiger partial charge in [0.25, 0.3) is 5.22 Å². The molecule has 0 aliphatic carbocycles. The van der Waals surface area contributed by atoms with Crippen molar-refractivity contribution in [3.8, 4) is 5.75 Å². The Hall–Kier alpha value is -1.46. The van der Waals surface area contributed by atoms with E-state index in [2.05, 4.69) is 29.4 Å². The van der Waals surface area contributed by atoms with Crippen LogP contribution in [0.15, 0.2) is 34.1 Å². The number of thioether (sulfide) groups is 1. The summed E-state index contributed by atoms with van der Waals surface area (Å²) < 4.78 is 10.8. The van der Waals surface area contributed by atoms with E-state index in [4.69, 9.17) is 9.15 Å². The number of nitrogens with one attached hydrogen (secondary N) is 1. The molecule has 1 heterocycles. The van der Waals surface area contributed by atoms with Crippen LogP contribution in [0.25, 0.3) is 0 Å². The molecule has 1 aromatic carbocycles. The Balaban J connectivity index is 2.07. The Morgan fingerprint density at radius 3 is 2.90 bits per heavy atom. The minimum atomic E-state index is 0.696. The number of benzene rings is 1. The van der Waals surface area contributed by atoms with Crippen LogP contribution in [0.4, 0.5) is 0 Å². The fourth-order valence-corrected chi connectivity index (χ4v) is 2.69. The Morgan fingerprint density at radius 1 is 1.40 bits per heavy atom. The molecule has 1 aromatic heterocycles. The number of hydrogen-bond donors (Lipinski definition) is 1. The van der Waals surface area contributed by atoms with Crippen molar-refractivity contribution in [1.82, 2.24) is 10.3 Å². The number of nitrogens with zero attached hydrogens (tertiary/aromatic N) is 1. The lowest BCUT2D eigenvalue weighted by molar-refractivity contribution is 0.411. The maximum absolute atomic E-state index is 5.41. The van der Waals surface area contributed by atoms with Gasteiger partial charge in [-0.3, -0.25) is 0 Å². The lowest BCUT2D eigenvalue weighted by atomic mass is 10.1. The molecular formula is C15H20N2O2S. The van der Waals surface area contributed by atoms with Crippen LogP contribution in [0, 0.1) is 6.92 Å². The molecule has 0 amide bonds. The summed E-state index contributed by atoms with van der Waals surface area (Å²) in [6.45, 7) is 5.86. The third-order valence-corrected chi connectivity index (χ3v) is 3.76. The molecule has 2 rings (SSSR count). The van der Waals surface area contributed by atoms with Gasteiger partial charge in [0.2, 0.25) is 0 Å². The highest BCUT2D eigenvalue weighted by molar-refractivity contribution is 7.98. The van der Waals surface area contributed by atoms with E-state index in [9.17, 15) is 0 Å². The summed E-state index contributed by atoms with van der Waals surface area (Å²) in [5.74, 6) is 1.68. The van der Waals surface area contributed by atoms with Gasteiger partial charge in [-0.15, -0.1) is 0 Å². The van der Waals surface area contributed by atoms with Gasteiger partial charge in [-0.1, -0.05) is 24.8 Å². The van der Waals surface area contributed by atoms with Gasteiger partial charge in [0.05, 0.1) is 12.8 Å². The van der Waals surface area contributed by atoms with E-state index in [1.54, 1.807) is 25.1 Å². The highest BCUT2D eigenvalue weighted by Crippen LogP contribution is 2.28. The lowest BCUT2D eigenvalue weighted by Gasteiger charge is -2.10. The van der Waals surface area contributed by atoms with Crippen LogP contribution in [0.5, 0.6) is 5.75 Å². The second-order valence-electron chi connectivity index (χ2n) is 4.47. The van der Waals surface area contributed by atoms with Crippen molar-refractivity contribution in [3.05, 3.63) is 41.3 Å². The maximum atomic E-state index is 5.41. The second kappa shape index (κ2) is 7.36. The number of hydrogen-bond acceptors (Lipinski definition) is 5. The molecule has 5 heteroatoms. The number of aromatic nitrogens is 1. The van der Waals surface area contributed by atoms with Gasteiger partial charge >= 0.3 is 0 Å². The second-order valence-corrected chi connectivity index (χ2v) is 5.40. The number of rotatable bonds is 7. The van der Waals surface area contributed by atoms with E-state index >= 15 is 0 Å². The zero-order valence-electron chi connectivity index (χ0n) is 12.1. The van der Waals surface area contributed by atoms with Crippen molar-refractivity contribution in [2.45, 2.75) is 31.4 Å². The van der Waals surface area contributed by atoms with E-state index in [1.165, 1.54) is 5.56 Å². The van der Waals surface area contributed by atoms with Crippen LogP contribution in [-0.4, -0.2) is 18.6 Å². The minimum Gasteiger partial charge on any atom is -0.496 e. The first-order valence-corrected chi connectivity index (χ1v) is 7.63. The molecule has 0 saturated heterocycles. The van der Waals surface area contributed by atoms with Gasteiger partial charge in [-0.05, 0) is 31.2 Å². The maximum Gasteiger partial charge on any atom is 0.256 e. The number of methoxy groups -OCH3 is 1. The molecule has 0 atom stereocenters. The zero-order valence-corrected chi connectivity index (χ0v) is 12.9. The molecular weight excluding hydrogens is 272 g/mol. The molecule has 0 bridgehead atoms. The van der Waals surface area contributed by atoms with Gasteiger partial charge in [0, 0.05) is 17.9 Å². The van der Waals surface area contributed by atoms with Crippen molar-refractivity contribution in [3.63, 3.8) is 0 Å². The summed E-state index contributed by atoms with van der Waals surface area (Å²) in [5, 5.41) is 4.02. The summed E-state index contributed by atoms with van der Waals surface area (Å²) in [6.07, 6.45) is 1.67. The molecule has 0 radical (unpaired) electrons. The molecule has 2 aromatic rings. The van der Waals surface area contributed by atoms with Crippen LogP contribution in [0.3, 0.4) is 0 Å². The van der Waals surface area contributed by atoms with Crippen LogP contribution < -0.4 is 10.1 Å². The van der Waals surface area contributed by atoms with E-state index in [0.717, 1.165) is 35.8 Å². The standard InChI is InChI=1S/C15H20N2O2S/c1-4-16-8-12-5-6-14(18-3)13(7-12)10-20-15-17-11(2)9-19-15/h5-7,9,16H,4,8,10H2,1-3H3. The van der Waals surface area contributed by atoms with Crippen LogP contribution >= 0.6 is 11.8 Å². The molecule has 1 N–H and O–H groups in total. The van der Waals surface area contributed by atoms with Crippen molar-refractivity contribution < 1.29 is 9.15 Å². The van der Waals surface area contributed by atoms with Crippen molar-refractivity contribution in [2.75, 3.05) is 13.7 Å². The monoisotopic (exact) mass is 292 g/mol. The Labute approximate surface area is 123 Å². The van der Waals surface area contributed by atoms with Crippen molar-refractivity contribution in [1.29, 1.82) is 0 Å². The summed E-state index contributed by atoms with van der Waals surface area (Å²) >= 11 is 1.58. The normalized spacial score (nSPS) is 10.8. The number of aryl methyl sites for hydroxylation is 1. The molecule has 0 saturated carbocycles. The van der Waals surface area contributed by atoms with Crippen molar-refractivity contribution in [2.24, 2.45) is 0 Å². The Kier molecular flexibility index (Phi) is 5.49. The predicted molar refractivity (Wildman–Crippen MR) is 81.2 cm³/mol.